The van der Waals surface area contributed by atoms with E-state index in [-0.39, 0.29) is 11.3 Å². The molecule has 1 N–H and O–H groups in total. The van der Waals surface area contributed by atoms with Crippen molar-refractivity contribution < 1.29 is 19.4 Å². The number of amides is 1. The first-order valence-electron chi connectivity index (χ1n) is 13.2. The number of benzene rings is 3. The van der Waals surface area contributed by atoms with Crippen LogP contribution in [0.1, 0.15) is 67.0 Å². The van der Waals surface area contributed by atoms with Gasteiger partial charge in [-0.25, -0.2) is 4.98 Å². The van der Waals surface area contributed by atoms with E-state index in [9.17, 15) is 14.7 Å². The van der Waals surface area contributed by atoms with Crippen molar-refractivity contribution in [2.45, 2.75) is 53.0 Å². The minimum atomic E-state index is -0.816. The molecule has 0 spiro atoms. The van der Waals surface area contributed by atoms with Crippen LogP contribution in [0.25, 0.3) is 16.0 Å². The van der Waals surface area contributed by atoms with Gasteiger partial charge in [-0.15, -0.1) is 0 Å². The summed E-state index contributed by atoms with van der Waals surface area (Å²) in [4.78, 5) is 33.4. The smallest absolute Gasteiger partial charge is 0.301 e. The summed E-state index contributed by atoms with van der Waals surface area (Å²) in [5.74, 6) is -0.650. The van der Waals surface area contributed by atoms with E-state index in [0.29, 0.717) is 29.0 Å². The molecule has 200 valence electrons. The number of aryl methyl sites for hydroxylation is 2. The second-order valence-corrected chi connectivity index (χ2v) is 11.3. The molecule has 2 heterocycles. The lowest BCUT2D eigenvalue weighted by molar-refractivity contribution is -0.132. The second kappa shape index (κ2) is 10.7. The molecule has 1 unspecified atom stereocenters. The van der Waals surface area contributed by atoms with Gasteiger partial charge in [-0.3, -0.25) is 14.5 Å². The summed E-state index contributed by atoms with van der Waals surface area (Å²) in [6, 6.07) is 18.1. The summed E-state index contributed by atoms with van der Waals surface area (Å²) in [5, 5.41) is 11.9. The molecule has 3 aromatic carbocycles. The fraction of sp³-hybridized carbons (Fsp3) is 0.281. The van der Waals surface area contributed by atoms with Crippen molar-refractivity contribution in [1.29, 1.82) is 0 Å². The minimum absolute atomic E-state index is 0.0479. The molecule has 1 aromatic heterocycles. The Hall–Kier alpha value is -3.97. The molecule has 39 heavy (non-hydrogen) atoms. The number of fused-ring (bicyclic) bond motifs is 1. The molecule has 5 rings (SSSR count). The Kier molecular flexibility index (Phi) is 7.28. The van der Waals surface area contributed by atoms with Crippen molar-refractivity contribution in [3.05, 3.63) is 94.1 Å². The maximum absolute atomic E-state index is 13.6. The topological polar surface area (TPSA) is 79.7 Å². The van der Waals surface area contributed by atoms with Gasteiger partial charge >= 0.3 is 5.91 Å². The van der Waals surface area contributed by atoms with Crippen LogP contribution in [0.5, 0.6) is 5.75 Å². The van der Waals surface area contributed by atoms with Crippen molar-refractivity contribution in [2.75, 3.05) is 11.5 Å². The Bertz CT molecular complexity index is 1580. The van der Waals surface area contributed by atoms with Crippen molar-refractivity contribution in [1.82, 2.24) is 4.98 Å². The molecule has 1 aliphatic heterocycles. The number of Topliss-reactive ketones (excluding diaryl/α,β-unsaturated/α-hetero) is 1. The minimum Gasteiger partial charge on any atom is -0.507 e. The van der Waals surface area contributed by atoms with Crippen molar-refractivity contribution in [3.8, 4) is 5.75 Å². The van der Waals surface area contributed by atoms with Crippen LogP contribution in [0.15, 0.2) is 66.2 Å². The molecule has 7 heteroatoms. The quantitative estimate of drug-likeness (QED) is 0.150. The third-order valence-corrected chi connectivity index (χ3v) is 7.99. The molecular formula is C32H32N2O4S. The van der Waals surface area contributed by atoms with Crippen molar-refractivity contribution in [2.24, 2.45) is 0 Å². The Labute approximate surface area is 232 Å². The van der Waals surface area contributed by atoms with Gasteiger partial charge in [0.2, 0.25) is 0 Å². The lowest BCUT2D eigenvalue weighted by Gasteiger charge is -2.23. The molecule has 0 aliphatic carbocycles. The number of carbonyl (C=O) groups is 2. The first kappa shape index (κ1) is 26.6. The number of carbonyl (C=O) groups excluding carboxylic acids is 2. The van der Waals surface area contributed by atoms with E-state index >= 15 is 0 Å². The predicted molar refractivity (Wildman–Crippen MR) is 157 cm³/mol. The van der Waals surface area contributed by atoms with Crippen LogP contribution in [0.4, 0.5) is 5.13 Å². The molecule has 1 amide bonds. The SMILES string of the molecule is CCCOc1ccc(C(O)=C2C(=O)C(=O)N(c3nc4c(C)cc(C)cc4s3)C2c2ccc(C(C)C)cc2)cc1. The number of nitrogens with zero attached hydrogens (tertiary/aromatic N) is 2. The summed E-state index contributed by atoms with van der Waals surface area (Å²) in [5.41, 5.74) is 5.28. The first-order chi connectivity index (χ1) is 18.7. The Balaban J connectivity index is 1.66. The van der Waals surface area contributed by atoms with Crippen molar-refractivity contribution >= 4 is 44.1 Å². The van der Waals surface area contributed by atoms with Gasteiger partial charge in [0.15, 0.2) is 5.13 Å². The standard InChI is InChI=1S/C32H32N2O4S/c1-6-15-38-24-13-11-23(12-14-24)29(35)26-28(22-9-7-21(8-10-22)18(2)3)34(31(37)30(26)36)32-33-27-20(5)16-19(4)17-25(27)39-32/h7-14,16-18,28,35H,6,15H2,1-5H3. The molecule has 6 nitrogen and oxygen atoms in total. The number of anilines is 1. The first-order valence-corrected chi connectivity index (χ1v) is 14.0. The van der Waals surface area contributed by atoms with Gasteiger partial charge < -0.3 is 9.84 Å². The number of hydrogen-bond donors (Lipinski definition) is 1. The van der Waals surface area contributed by atoms with Gasteiger partial charge in [0, 0.05) is 5.56 Å². The number of hydrogen-bond acceptors (Lipinski definition) is 6. The monoisotopic (exact) mass is 540 g/mol. The Morgan fingerprint density at radius 2 is 1.74 bits per heavy atom. The summed E-state index contributed by atoms with van der Waals surface area (Å²) >= 11 is 1.38. The van der Waals surface area contributed by atoms with Crippen LogP contribution in [0.3, 0.4) is 0 Å². The Morgan fingerprint density at radius 3 is 2.38 bits per heavy atom. The number of thiazole rings is 1. The highest BCUT2D eigenvalue weighted by Gasteiger charge is 2.48. The third kappa shape index (κ3) is 4.94. The van der Waals surface area contributed by atoms with Crippen LogP contribution in [-0.4, -0.2) is 28.4 Å². The van der Waals surface area contributed by atoms with E-state index in [1.807, 2.05) is 51.1 Å². The summed E-state index contributed by atoms with van der Waals surface area (Å²) in [6.45, 7) is 10.8. The van der Waals surface area contributed by atoms with Gasteiger partial charge in [0.05, 0.1) is 28.4 Å². The normalized spacial score (nSPS) is 17.0. The number of aliphatic hydroxyl groups excluding tert-OH is 1. The van der Waals surface area contributed by atoms with Crippen molar-refractivity contribution in [3.63, 3.8) is 0 Å². The van der Waals surface area contributed by atoms with Gasteiger partial charge in [-0.1, -0.05) is 62.4 Å². The predicted octanol–water partition coefficient (Wildman–Crippen LogP) is 7.45. The highest BCUT2D eigenvalue weighted by atomic mass is 32.1. The highest BCUT2D eigenvalue weighted by molar-refractivity contribution is 7.22. The van der Waals surface area contributed by atoms with E-state index in [4.69, 9.17) is 9.72 Å². The number of aliphatic hydroxyl groups is 1. The average Bonchev–Trinajstić information content (AvgIpc) is 3.46. The maximum Gasteiger partial charge on any atom is 0.301 e. The molecular weight excluding hydrogens is 508 g/mol. The molecule has 0 bridgehead atoms. The van der Waals surface area contributed by atoms with Crippen LogP contribution >= 0.6 is 11.3 Å². The zero-order valence-electron chi connectivity index (χ0n) is 22.8. The maximum atomic E-state index is 13.6. The number of ether oxygens (including phenoxy) is 1. The molecule has 4 aromatic rings. The lowest BCUT2D eigenvalue weighted by Crippen LogP contribution is -2.29. The van der Waals surface area contributed by atoms with Gasteiger partial charge in [0.1, 0.15) is 11.5 Å². The van der Waals surface area contributed by atoms with Gasteiger partial charge in [-0.2, -0.15) is 0 Å². The zero-order chi connectivity index (χ0) is 27.8. The lowest BCUT2D eigenvalue weighted by atomic mass is 9.93. The van der Waals surface area contributed by atoms with E-state index in [0.717, 1.165) is 38.9 Å². The Morgan fingerprint density at radius 1 is 1.05 bits per heavy atom. The third-order valence-electron chi connectivity index (χ3n) is 6.99. The molecule has 1 fully saturated rings. The summed E-state index contributed by atoms with van der Waals surface area (Å²) in [6.07, 6.45) is 0.881. The van der Waals surface area contributed by atoms with Crippen LogP contribution in [0, 0.1) is 13.8 Å². The summed E-state index contributed by atoms with van der Waals surface area (Å²) < 4.78 is 6.61. The number of ketones is 1. The largest absolute Gasteiger partial charge is 0.507 e. The molecule has 0 saturated carbocycles. The van der Waals surface area contributed by atoms with Gasteiger partial charge in [-0.05, 0) is 78.8 Å². The second-order valence-electron chi connectivity index (χ2n) is 10.3. The van der Waals surface area contributed by atoms with E-state index < -0.39 is 17.7 Å². The van der Waals surface area contributed by atoms with E-state index in [1.54, 1.807) is 24.3 Å². The van der Waals surface area contributed by atoms with E-state index in [1.165, 1.54) is 16.2 Å². The van der Waals surface area contributed by atoms with E-state index in [2.05, 4.69) is 19.9 Å². The molecule has 0 radical (unpaired) electrons. The molecule has 1 saturated heterocycles. The average molecular weight is 541 g/mol. The van der Waals surface area contributed by atoms with Crippen LogP contribution < -0.4 is 9.64 Å². The fourth-order valence-corrected chi connectivity index (χ4v) is 6.12. The molecule has 1 atom stereocenters. The number of aromatic nitrogens is 1. The fourth-order valence-electron chi connectivity index (χ4n) is 4.95. The van der Waals surface area contributed by atoms with Crippen LogP contribution in [-0.2, 0) is 9.59 Å². The number of rotatable bonds is 7. The zero-order valence-corrected chi connectivity index (χ0v) is 23.6. The highest BCUT2D eigenvalue weighted by Crippen LogP contribution is 2.45. The molecule has 1 aliphatic rings. The van der Waals surface area contributed by atoms with Crippen LogP contribution in [0.2, 0.25) is 0 Å². The van der Waals surface area contributed by atoms with Gasteiger partial charge in [0.25, 0.3) is 5.78 Å². The summed E-state index contributed by atoms with van der Waals surface area (Å²) in [7, 11) is 0.